The Morgan fingerprint density at radius 2 is 1.83 bits per heavy atom. The van der Waals surface area contributed by atoms with Crippen LogP contribution >= 0.6 is 0 Å². The summed E-state index contributed by atoms with van der Waals surface area (Å²) in [7, 11) is 0. The minimum atomic E-state index is 0.335. The summed E-state index contributed by atoms with van der Waals surface area (Å²) >= 11 is 0. The summed E-state index contributed by atoms with van der Waals surface area (Å²) in [6, 6.07) is 1.94. The van der Waals surface area contributed by atoms with Gasteiger partial charge in [0.1, 0.15) is 0 Å². The molecule has 3 nitrogen and oxygen atoms in total. The molecule has 0 aromatic rings. The molecule has 3 fully saturated rings. The summed E-state index contributed by atoms with van der Waals surface area (Å²) in [5, 5.41) is 3.31. The summed E-state index contributed by atoms with van der Waals surface area (Å²) in [5.41, 5.74) is 0. The molecular weight excluding hydrogens is 224 g/mol. The largest absolute Gasteiger partial charge is 0.353 e. The van der Waals surface area contributed by atoms with E-state index in [0.29, 0.717) is 17.9 Å². The molecule has 2 atom stereocenters. The van der Waals surface area contributed by atoms with Crippen LogP contribution in [0.3, 0.4) is 0 Å². The van der Waals surface area contributed by atoms with Crippen LogP contribution in [0.5, 0.6) is 0 Å². The molecule has 2 heterocycles. The minimum absolute atomic E-state index is 0.335. The molecule has 0 aromatic heterocycles. The second kappa shape index (κ2) is 5.20. The zero-order valence-electron chi connectivity index (χ0n) is 11.5. The van der Waals surface area contributed by atoms with Gasteiger partial charge in [0.15, 0.2) is 0 Å². The monoisotopic (exact) mass is 250 g/mol. The summed E-state index contributed by atoms with van der Waals surface area (Å²) in [4.78, 5) is 14.6. The molecule has 102 valence electrons. The van der Waals surface area contributed by atoms with Crippen molar-refractivity contribution in [3.63, 3.8) is 0 Å². The van der Waals surface area contributed by atoms with Crippen LogP contribution in [0.4, 0.5) is 0 Å². The number of nitrogens with one attached hydrogen (secondary N) is 1. The van der Waals surface area contributed by atoms with Crippen LogP contribution in [0, 0.1) is 5.92 Å². The molecule has 2 bridgehead atoms. The van der Waals surface area contributed by atoms with Gasteiger partial charge in [-0.1, -0.05) is 13.3 Å². The van der Waals surface area contributed by atoms with E-state index in [1.807, 2.05) is 0 Å². The maximum atomic E-state index is 11.9. The van der Waals surface area contributed by atoms with E-state index in [0.717, 1.165) is 24.9 Å². The van der Waals surface area contributed by atoms with Gasteiger partial charge in [-0.25, -0.2) is 0 Å². The van der Waals surface area contributed by atoms with Crippen molar-refractivity contribution in [2.75, 3.05) is 6.54 Å². The third kappa shape index (κ3) is 2.56. The van der Waals surface area contributed by atoms with Crippen LogP contribution in [0.25, 0.3) is 0 Å². The molecule has 2 unspecified atom stereocenters. The third-order valence-electron chi connectivity index (χ3n) is 4.90. The third-order valence-corrected chi connectivity index (χ3v) is 4.90. The van der Waals surface area contributed by atoms with Crippen LogP contribution in [0.1, 0.15) is 58.3 Å². The Morgan fingerprint density at radius 1 is 1.17 bits per heavy atom. The minimum Gasteiger partial charge on any atom is -0.353 e. The van der Waals surface area contributed by atoms with Gasteiger partial charge in [0.05, 0.1) is 0 Å². The van der Waals surface area contributed by atoms with Crippen molar-refractivity contribution in [2.24, 2.45) is 5.92 Å². The van der Waals surface area contributed by atoms with E-state index < -0.39 is 0 Å². The Morgan fingerprint density at radius 3 is 2.39 bits per heavy atom. The average molecular weight is 250 g/mol. The van der Waals surface area contributed by atoms with E-state index in [1.54, 1.807) is 0 Å². The molecule has 1 N–H and O–H groups in total. The number of carbonyl (C=O) groups excluding carboxylic acids is 1. The topological polar surface area (TPSA) is 32.3 Å². The fourth-order valence-corrected chi connectivity index (χ4v) is 3.88. The highest BCUT2D eigenvalue weighted by atomic mass is 16.2. The number of hydrogen-bond acceptors (Lipinski definition) is 2. The van der Waals surface area contributed by atoms with Crippen molar-refractivity contribution in [1.82, 2.24) is 10.2 Å². The highest BCUT2D eigenvalue weighted by molar-refractivity contribution is 5.81. The second-order valence-corrected chi connectivity index (χ2v) is 6.43. The van der Waals surface area contributed by atoms with Crippen LogP contribution in [-0.2, 0) is 4.79 Å². The molecular formula is C15H26N2O. The molecule has 0 spiro atoms. The number of hydrogen-bond donors (Lipinski definition) is 1. The normalized spacial score (nSPS) is 36.4. The van der Waals surface area contributed by atoms with Gasteiger partial charge in [-0.2, -0.15) is 0 Å². The molecule has 3 aliphatic rings. The van der Waals surface area contributed by atoms with Crippen LogP contribution < -0.4 is 5.32 Å². The fraction of sp³-hybridized carbons (Fsp3) is 0.933. The van der Waals surface area contributed by atoms with Gasteiger partial charge in [-0.15, -0.1) is 0 Å². The number of fused-ring (bicyclic) bond motifs is 2. The van der Waals surface area contributed by atoms with Gasteiger partial charge in [-0.3, -0.25) is 9.69 Å². The highest BCUT2D eigenvalue weighted by Gasteiger charge is 2.39. The van der Waals surface area contributed by atoms with Gasteiger partial charge < -0.3 is 5.32 Å². The quantitative estimate of drug-likeness (QED) is 0.830. The number of rotatable bonds is 4. The van der Waals surface area contributed by atoms with Crippen LogP contribution in [0.15, 0.2) is 0 Å². The van der Waals surface area contributed by atoms with E-state index in [4.69, 9.17) is 0 Å². The first-order chi connectivity index (χ1) is 8.78. The first kappa shape index (κ1) is 12.5. The molecule has 3 heteroatoms. The standard InChI is InChI=1S/C15H26N2O/c1-2-8-17-13-4-3-5-14(17)10-12(9-13)16-15(18)11-6-7-11/h11-14H,2-10H2,1H3,(H,16,18). The first-order valence-electron chi connectivity index (χ1n) is 7.84. The van der Waals surface area contributed by atoms with Crippen molar-refractivity contribution >= 4 is 5.91 Å². The first-order valence-corrected chi connectivity index (χ1v) is 7.84. The predicted octanol–water partition coefficient (Wildman–Crippen LogP) is 2.31. The summed E-state index contributed by atoms with van der Waals surface area (Å²) in [6.45, 7) is 3.52. The van der Waals surface area contributed by atoms with Gasteiger partial charge in [0.2, 0.25) is 5.91 Å². The maximum absolute atomic E-state index is 11.9. The van der Waals surface area contributed by atoms with Crippen molar-refractivity contribution in [3.8, 4) is 0 Å². The molecule has 3 rings (SSSR count). The number of piperidine rings is 2. The summed E-state index contributed by atoms with van der Waals surface area (Å²) < 4.78 is 0. The number of amides is 1. The van der Waals surface area contributed by atoms with Crippen LogP contribution in [0.2, 0.25) is 0 Å². The lowest BCUT2D eigenvalue weighted by atomic mass is 9.81. The molecule has 2 aliphatic heterocycles. The molecule has 0 radical (unpaired) electrons. The Bertz CT molecular complexity index is 300. The number of nitrogens with zero attached hydrogens (tertiary/aromatic N) is 1. The zero-order chi connectivity index (χ0) is 12.5. The van der Waals surface area contributed by atoms with E-state index in [1.165, 1.54) is 45.1 Å². The van der Waals surface area contributed by atoms with E-state index >= 15 is 0 Å². The van der Waals surface area contributed by atoms with Gasteiger partial charge in [0.25, 0.3) is 0 Å². The highest BCUT2D eigenvalue weighted by Crippen LogP contribution is 2.35. The Labute approximate surface area is 110 Å². The lowest BCUT2D eigenvalue weighted by Gasteiger charge is -2.49. The molecule has 1 saturated carbocycles. The smallest absolute Gasteiger partial charge is 0.223 e. The molecule has 1 amide bonds. The van der Waals surface area contributed by atoms with Gasteiger partial charge in [-0.05, 0) is 51.5 Å². The van der Waals surface area contributed by atoms with Gasteiger partial charge in [0, 0.05) is 24.0 Å². The van der Waals surface area contributed by atoms with E-state index in [-0.39, 0.29) is 0 Å². The van der Waals surface area contributed by atoms with Crippen molar-refractivity contribution in [2.45, 2.75) is 76.4 Å². The second-order valence-electron chi connectivity index (χ2n) is 6.43. The number of carbonyl (C=O) groups is 1. The predicted molar refractivity (Wildman–Crippen MR) is 72.3 cm³/mol. The lowest BCUT2D eigenvalue weighted by molar-refractivity contribution is -0.123. The van der Waals surface area contributed by atoms with Crippen molar-refractivity contribution in [3.05, 3.63) is 0 Å². The Kier molecular flexibility index (Phi) is 3.60. The molecule has 2 saturated heterocycles. The lowest BCUT2D eigenvalue weighted by Crippen LogP contribution is -2.57. The maximum Gasteiger partial charge on any atom is 0.223 e. The van der Waals surface area contributed by atoms with Crippen molar-refractivity contribution < 1.29 is 4.79 Å². The van der Waals surface area contributed by atoms with Crippen molar-refractivity contribution in [1.29, 1.82) is 0 Å². The Balaban J connectivity index is 1.58. The molecule has 18 heavy (non-hydrogen) atoms. The van der Waals surface area contributed by atoms with Crippen LogP contribution in [-0.4, -0.2) is 35.5 Å². The molecule has 1 aliphatic carbocycles. The fourth-order valence-electron chi connectivity index (χ4n) is 3.88. The Hall–Kier alpha value is -0.570. The van der Waals surface area contributed by atoms with Gasteiger partial charge >= 0.3 is 0 Å². The summed E-state index contributed by atoms with van der Waals surface area (Å²) in [6.07, 6.45) is 9.94. The average Bonchev–Trinajstić information content (AvgIpc) is 3.14. The SMILES string of the molecule is CCCN1C2CCCC1CC(NC(=O)C1CC1)C2. The van der Waals surface area contributed by atoms with E-state index in [2.05, 4.69) is 17.1 Å². The van der Waals surface area contributed by atoms with E-state index in [9.17, 15) is 4.79 Å². The summed E-state index contributed by atoms with van der Waals surface area (Å²) in [5.74, 6) is 0.695. The molecule has 0 aromatic carbocycles. The zero-order valence-corrected chi connectivity index (χ0v) is 11.5.